The normalized spacial score (nSPS) is 19.7. The van der Waals surface area contributed by atoms with Crippen molar-refractivity contribution >= 4 is 5.97 Å². The van der Waals surface area contributed by atoms with E-state index in [-0.39, 0.29) is 12.1 Å². The number of hydrogen-bond donors (Lipinski definition) is 0. The smallest absolute Gasteiger partial charge is 0.338 e. The minimum atomic E-state index is -0.232. The third-order valence-corrected chi connectivity index (χ3v) is 6.82. The lowest BCUT2D eigenvalue weighted by atomic mass is 9.78. The molecule has 1 aromatic rings. The van der Waals surface area contributed by atoms with Crippen molar-refractivity contribution in [2.24, 2.45) is 11.8 Å². The highest BCUT2D eigenvalue weighted by Gasteiger charge is 2.20. The first-order valence-electron chi connectivity index (χ1n) is 13.1. The number of carbonyl (C=O) groups is 1. The monoisotopic (exact) mass is 430 g/mol. The molecular weight excluding hydrogens is 384 g/mol. The van der Waals surface area contributed by atoms with Gasteiger partial charge in [-0.25, -0.2) is 4.79 Å². The zero-order chi connectivity index (χ0) is 22.3. The maximum absolute atomic E-state index is 12.3. The van der Waals surface area contributed by atoms with Crippen molar-refractivity contribution in [2.75, 3.05) is 6.61 Å². The maximum Gasteiger partial charge on any atom is 0.338 e. The van der Waals surface area contributed by atoms with Crippen LogP contribution in [0.1, 0.15) is 121 Å². The second-order valence-corrected chi connectivity index (χ2v) is 9.61. The van der Waals surface area contributed by atoms with Crippen molar-refractivity contribution in [3.05, 3.63) is 29.8 Å². The third-order valence-electron chi connectivity index (χ3n) is 6.82. The van der Waals surface area contributed by atoms with Crippen LogP contribution >= 0.6 is 0 Å². The first kappa shape index (κ1) is 25.7. The Morgan fingerprint density at radius 2 is 1.48 bits per heavy atom. The highest BCUT2D eigenvalue weighted by atomic mass is 16.5. The fourth-order valence-electron chi connectivity index (χ4n) is 4.72. The Morgan fingerprint density at radius 3 is 2.10 bits per heavy atom. The van der Waals surface area contributed by atoms with Gasteiger partial charge >= 0.3 is 5.97 Å². The molecule has 0 unspecified atom stereocenters. The van der Waals surface area contributed by atoms with Gasteiger partial charge in [0.05, 0.1) is 18.3 Å². The van der Waals surface area contributed by atoms with E-state index >= 15 is 0 Å². The first-order valence-corrected chi connectivity index (χ1v) is 13.1. The van der Waals surface area contributed by atoms with Crippen molar-refractivity contribution in [3.8, 4) is 5.75 Å². The molecule has 0 radical (unpaired) electrons. The second kappa shape index (κ2) is 15.3. The molecule has 1 saturated carbocycles. The molecule has 2 rings (SSSR count). The van der Waals surface area contributed by atoms with E-state index in [1.54, 1.807) is 0 Å². The summed E-state index contributed by atoms with van der Waals surface area (Å²) < 4.78 is 11.5. The minimum Gasteiger partial charge on any atom is -0.494 e. The van der Waals surface area contributed by atoms with Gasteiger partial charge in [0.15, 0.2) is 0 Å². The van der Waals surface area contributed by atoms with Gasteiger partial charge in [0.2, 0.25) is 0 Å². The van der Waals surface area contributed by atoms with Crippen LogP contribution < -0.4 is 4.74 Å². The summed E-state index contributed by atoms with van der Waals surface area (Å²) in [6.07, 6.45) is 18.0. The Bertz CT molecular complexity index is 587. The van der Waals surface area contributed by atoms with Crippen LogP contribution in [0, 0.1) is 11.8 Å². The molecule has 176 valence electrons. The number of unbranched alkanes of at least 4 members (excludes halogenated alkanes) is 4. The topological polar surface area (TPSA) is 35.5 Å². The molecular formula is C28H46O3. The summed E-state index contributed by atoms with van der Waals surface area (Å²) in [6.45, 7) is 7.24. The van der Waals surface area contributed by atoms with Gasteiger partial charge in [0, 0.05) is 0 Å². The molecule has 1 aliphatic rings. The Morgan fingerprint density at radius 1 is 0.871 bits per heavy atom. The van der Waals surface area contributed by atoms with Gasteiger partial charge in [-0.3, -0.25) is 0 Å². The van der Waals surface area contributed by atoms with Gasteiger partial charge in [-0.15, -0.1) is 0 Å². The number of carbonyl (C=O) groups excluding carboxylic acids is 1. The summed E-state index contributed by atoms with van der Waals surface area (Å²) in [5.74, 6) is 2.49. The average Bonchev–Trinajstić information content (AvgIpc) is 2.79. The number of ether oxygens (including phenoxy) is 2. The van der Waals surface area contributed by atoms with E-state index in [1.165, 1.54) is 70.6 Å². The van der Waals surface area contributed by atoms with Crippen molar-refractivity contribution < 1.29 is 14.3 Å². The van der Waals surface area contributed by atoms with Crippen molar-refractivity contribution in [3.63, 3.8) is 0 Å². The molecule has 0 amide bonds. The maximum atomic E-state index is 12.3. The van der Waals surface area contributed by atoms with E-state index in [0.717, 1.165) is 43.5 Å². The van der Waals surface area contributed by atoms with E-state index < -0.39 is 0 Å². The first-order chi connectivity index (χ1) is 15.1. The van der Waals surface area contributed by atoms with E-state index in [4.69, 9.17) is 9.47 Å². The molecule has 0 aliphatic heterocycles. The highest BCUT2D eigenvalue weighted by molar-refractivity contribution is 5.89. The number of benzene rings is 1. The Kier molecular flexibility index (Phi) is 12.7. The lowest BCUT2D eigenvalue weighted by molar-refractivity contribution is 0.0319. The van der Waals surface area contributed by atoms with Crippen LogP contribution in [0.25, 0.3) is 0 Å². The molecule has 0 bridgehead atoms. The molecule has 1 aromatic carbocycles. The molecule has 0 heterocycles. The van der Waals surface area contributed by atoms with Crippen LogP contribution in [0.5, 0.6) is 5.75 Å². The van der Waals surface area contributed by atoms with E-state index in [9.17, 15) is 4.79 Å². The van der Waals surface area contributed by atoms with Gasteiger partial charge in [-0.1, -0.05) is 78.1 Å². The van der Waals surface area contributed by atoms with Gasteiger partial charge in [0.1, 0.15) is 5.75 Å². The second-order valence-electron chi connectivity index (χ2n) is 9.61. The Hall–Kier alpha value is -1.51. The number of esters is 1. The quantitative estimate of drug-likeness (QED) is 0.207. The molecule has 0 spiro atoms. The fourth-order valence-corrected chi connectivity index (χ4v) is 4.72. The van der Waals surface area contributed by atoms with Gasteiger partial charge in [-0.2, -0.15) is 0 Å². The summed E-state index contributed by atoms with van der Waals surface area (Å²) >= 11 is 0. The van der Waals surface area contributed by atoms with E-state index in [2.05, 4.69) is 13.8 Å². The summed E-state index contributed by atoms with van der Waals surface area (Å²) in [5, 5.41) is 0. The summed E-state index contributed by atoms with van der Waals surface area (Å²) in [5.41, 5.74) is 0.604. The summed E-state index contributed by atoms with van der Waals surface area (Å²) in [7, 11) is 0. The number of hydrogen-bond acceptors (Lipinski definition) is 3. The zero-order valence-corrected chi connectivity index (χ0v) is 20.4. The Labute approximate surface area is 191 Å². The number of rotatable bonds is 15. The summed E-state index contributed by atoms with van der Waals surface area (Å²) in [6, 6.07) is 7.42. The van der Waals surface area contributed by atoms with E-state index in [1.807, 2.05) is 31.2 Å². The molecule has 1 atom stereocenters. The molecule has 3 heteroatoms. The highest BCUT2D eigenvalue weighted by Crippen LogP contribution is 2.34. The standard InChI is InChI=1S/C28H46O3/c1-4-6-8-9-11-23(3)31-28(29)26-18-20-27(21-19-26)30-22-10-13-25-16-14-24(15-17-25)12-7-5-2/h18-21,23-25H,4-17,22H2,1-3H3/t23-,24?,25?/m0/s1. The minimum absolute atomic E-state index is 0.0259. The van der Waals surface area contributed by atoms with Gasteiger partial charge in [0.25, 0.3) is 0 Å². The summed E-state index contributed by atoms with van der Waals surface area (Å²) in [4.78, 5) is 12.3. The van der Waals surface area contributed by atoms with Gasteiger partial charge < -0.3 is 9.47 Å². The third kappa shape index (κ3) is 10.6. The van der Waals surface area contributed by atoms with Gasteiger partial charge in [-0.05, 0) is 68.7 Å². The molecule has 0 saturated heterocycles. The average molecular weight is 431 g/mol. The van der Waals surface area contributed by atoms with E-state index in [0.29, 0.717) is 5.56 Å². The Balaban J connectivity index is 1.59. The largest absolute Gasteiger partial charge is 0.494 e. The zero-order valence-electron chi connectivity index (χ0n) is 20.4. The molecule has 31 heavy (non-hydrogen) atoms. The molecule has 1 aliphatic carbocycles. The lowest BCUT2D eigenvalue weighted by Gasteiger charge is -2.28. The molecule has 1 fully saturated rings. The van der Waals surface area contributed by atoms with Crippen LogP contribution in [-0.2, 0) is 4.74 Å². The van der Waals surface area contributed by atoms with Crippen LogP contribution in [0.3, 0.4) is 0 Å². The van der Waals surface area contributed by atoms with Crippen LogP contribution in [0.15, 0.2) is 24.3 Å². The lowest BCUT2D eigenvalue weighted by Crippen LogP contribution is -2.15. The van der Waals surface area contributed by atoms with Crippen LogP contribution in [0.2, 0.25) is 0 Å². The SMILES string of the molecule is CCCCCC[C@H](C)OC(=O)c1ccc(OCCCC2CCC(CCCC)CC2)cc1. The molecule has 0 N–H and O–H groups in total. The predicted octanol–water partition coefficient (Wildman–Crippen LogP) is 8.36. The fraction of sp³-hybridized carbons (Fsp3) is 0.750. The predicted molar refractivity (Wildman–Crippen MR) is 130 cm³/mol. The van der Waals surface area contributed by atoms with Crippen LogP contribution in [-0.4, -0.2) is 18.7 Å². The van der Waals surface area contributed by atoms with Crippen molar-refractivity contribution in [1.29, 1.82) is 0 Å². The van der Waals surface area contributed by atoms with Crippen molar-refractivity contribution in [2.45, 2.75) is 117 Å². The molecule has 0 aromatic heterocycles. The van der Waals surface area contributed by atoms with Crippen LogP contribution in [0.4, 0.5) is 0 Å². The van der Waals surface area contributed by atoms with Crippen molar-refractivity contribution in [1.82, 2.24) is 0 Å². The molecule has 3 nitrogen and oxygen atoms in total.